The van der Waals surface area contributed by atoms with Gasteiger partial charge in [0.1, 0.15) is 5.84 Å². The Balaban J connectivity index is 1.31. The minimum Gasteiger partial charge on any atom is -0.357 e. The lowest BCUT2D eigenvalue weighted by atomic mass is 10.1. The predicted molar refractivity (Wildman–Crippen MR) is 170 cm³/mol. The molecule has 42 heavy (non-hydrogen) atoms. The zero-order valence-corrected chi connectivity index (χ0v) is 25.2. The fraction of sp³-hybridized carbons (Fsp3) is 0.333. The number of thiophene rings is 1. The number of fused-ring (bicyclic) bond motifs is 1. The molecule has 0 radical (unpaired) electrons. The van der Waals surface area contributed by atoms with Crippen molar-refractivity contribution in [1.29, 1.82) is 0 Å². The van der Waals surface area contributed by atoms with Crippen molar-refractivity contribution in [2.45, 2.75) is 45.6 Å². The van der Waals surface area contributed by atoms with Gasteiger partial charge in [0.25, 0.3) is 17.7 Å². The van der Waals surface area contributed by atoms with Gasteiger partial charge in [0.05, 0.1) is 4.88 Å². The van der Waals surface area contributed by atoms with Crippen molar-refractivity contribution in [3.63, 3.8) is 0 Å². The molecule has 3 aliphatic rings. The molecule has 0 atom stereocenters. The number of amidine groups is 1. The summed E-state index contributed by atoms with van der Waals surface area (Å²) in [5.41, 5.74) is 4.42. The zero-order valence-electron chi connectivity index (χ0n) is 24.4. The molecule has 0 bridgehead atoms. The summed E-state index contributed by atoms with van der Waals surface area (Å²) in [6, 6.07) is 9.22. The van der Waals surface area contributed by atoms with Gasteiger partial charge in [-0.15, -0.1) is 11.3 Å². The fourth-order valence-electron chi connectivity index (χ4n) is 5.02. The average molecular weight is 584 g/mol. The molecule has 9 heteroatoms. The van der Waals surface area contributed by atoms with E-state index in [1.807, 2.05) is 32.1 Å². The summed E-state index contributed by atoms with van der Waals surface area (Å²) in [4.78, 5) is 49.3. The maximum Gasteiger partial charge on any atom is 0.261 e. The van der Waals surface area contributed by atoms with Crippen molar-refractivity contribution in [2.24, 2.45) is 4.99 Å². The van der Waals surface area contributed by atoms with Crippen LogP contribution in [0.4, 0.5) is 5.69 Å². The van der Waals surface area contributed by atoms with Gasteiger partial charge in [-0.25, -0.2) is 0 Å². The van der Waals surface area contributed by atoms with Crippen LogP contribution in [-0.4, -0.2) is 66.1 Å². The molecule has 1 aromatic carbocycles. The highest BCUT2D eigenvalue weighted by molar-refractivity contribution is 7.15. The van der Waals surface area contributed by atoms with E-state index in [4.69, 9.17) is 0 Å². The molecule has 1 saturated carbocycles. The highest BCUT2D eigenvalue weighted by Gasteiger charge is 2.29. The van der Waals surface area contributed by atoms with Crippen molar-refractivity contribution >= 4 is 46.2 Å². The molecule has 1 saturated heterocycles. The van der Waals surface area contributed by atoms with E-state index in [1.165, 1.54) is 17.4 Å². The Bertz CT molecular complexity index is 1520. The topological polar surface area (TPSA) is 94.1 Å². The Kier molecular flexibility index (Phi) is 8.87. The van der Waals surface area contributed by atoms with Gasteiger partial charge in [0.15, 0.2) is 0 Å². The number of aliphatic imine (C=N–C) groups is 1. The predicted octanol–water partition coefficient (Wildman–Crippen LogP) is 5.43. The zero-order chi connectivity index (χ0) is 29.8. The molecule has 5 rings (SSSR count). The molecule has 3 amide bonds. The van der Waals surface area contributed by atoms with Gasteiger partial charge in [-0.3, -0.25) is 19.4 Å². The number of hydrogen-bond donors (Lipinski definition) is 2. The first-order valence-electron chi connectivity index (χ1n) is 14.4. The first-order valence-corrected chi connectivity index (χ1v) is 15.2. The quantitative estimate of drug-likeness (QED) is 0.188. The van der Waals surface area contributed by atoms with E-state index < -0.39 is 0 Å². The minimum absolute atomic E-state index is 0.0149. The van der Waals surface area contributed by atoms with Crippen molar-refractivity contribution in [3.8, 4) is 0 Å². The number of carbonyl (C=O) groups excluding carboxylic acids is 3. The van der Waals surface area contributed by atoms with Crippen molar-refractivity contribution < 1.29 is 14.4 Å². The second-order valence-corrected chi connectivity index (χ2v) is 11.7. The summed E-state index contributed by atoms with van der Waals surface area (Å²) in [6.07, 6.45) is 11.1. The molecule has 1 aromatic heterocycles. The lowest BCUT2D eigenvalue weighted by molar-refractivity contribution is -0.112. The normalized spacial score (nSPS) is 17.5. The molecule has 218 valence electrons. The molecule has 2 aliphatic heterocycles. The molecule has 2 N–H and O–H groups in total. The van der Waals surface area contributed by atoms with Crippen LogP contribution in [0.2, 0.25) is 0 Å². The van der Waals surface area contributed by atoms with Crippen LogP contribution in [0.5, 0.6) is 0 Å². The smallest absolute Gasteiger partial charge is 0.261 e. The minimum atomic E-state index is -0.288. The van der Waals surface area contributed by atoms with Gasteiger partial charge in [-0.1, -0.05) is 24.8 Å². The molecule has 1 aliphatic carbocycles. The number of rotatable bonds is 8. The third-order valence-corrected chi connectivity index (χ3v) is 8.94. The van der Waals surface area contributed by atoms with Crippen molar-refractivity contribution in [2.75, 3.05) is 32.0 Å². The Morgan fingerprint density at radius 3 is 2.45 bits per heavy atom. The molecular weight excluding hydrogens is 546 g/mol. The largest absolute Gasteiger partial charge is 0.357 e. The van der Waals surface area contributed by atoms with E-state index in [-0.39, 0.29) is 17.7 Å². The van der Waals surface area contributed by atoms with Gasteiger partial charge in [-0.2, -0.15) is 0 Å². The lowest BCUT2D eigenvalue weighted by Gasteiger charge is -2.32. The summed E-state index contributed by atoms with van der Waals surface area (Å²) in [5, 5.41) is 5.98. The number of carbonyl (C=O) groups is 3. The number of likely N-dealkylation sites (tertiary alicyclic amines) is 1. The molecular formula is C33H37N5O3S. The van der Waals surface area contributed by atoms with Crippen LogP contribution in [0.25, 0.3) is 5.57 Å². The SMILES string of the molecule is C=CC(=CC(=NC)N1CCC1)C(=O)Nc1ccc(C(=O)N2CCc3cc(C(=O)NC4CC4)sc3C(C=CC)=C2C)cc1. The van der Waals surface area contributed by atoms with E-state index in [1.54, 1.807) is 42.3 Å². The summed E-state index contributed by atoms with van der Waals surface area (Å²) in [7, 11) is 1.71. The van der Waals surface area contributed by atoms with Crippen LogP contribution in [-0.2, 0) is 11.2 Å². The molecule has 3 heterocycles. The number of benzene rings is 1. The number of anilines is 1. The second kappa shape index (κ2) is 12.7. The van der Waals surface area contributed by atoms with E-state index in [0.717, 1.165) is 59.9 Å². The van der Waals surface area contributed by atoms with Crippen molar-refractivity contribution in [1.82, 2.24) is 15.1 Å². The molecule has 2 fully saturated rings. The Labute approximate surface area is 251 Å². The summed E-state index contributed by atoms with van der Waals surface area (Å²) >= 11 is 1.49. The van der Waals surface area contributed by atoms with Gasteiger partial charge in [0.2, 0.25) is 0 Å². The van der Waals surface area contributed by atoms with Crippen LogP contribution in [0, 0.1) is 0 Å². The molecule has 2 aromatic rings. The molecule has 0 unspecified atom stereocenters. The van der Waals surface area contributed by atoms with E-state index in [2.05, 4.69) is 27.1 Å². The average Bonchev–Trinajstić information content (AvgIpc) is 3.70. The van der Waals surface area contributed by atoms with Gasteiger partial charge < -0.3 is 20.4 Å². The Hall–Kier alpha value is -4.24. The lowest BCUT2D eigenvalue weighted by Crippen LogP contribution is -2.41. The third kappa shape index (κ3) is 6.31. The van der Waals surface area contributed by atoms with Crippen LogP contribution in [0.1, 0.15) is 63.6 Å². The number of hydrogen-bond acceptors (Lipinski definition) is 5. The highest BCUT2D eigenvalue weighted by Crippen LogP contribution is 2.37. The van der Waals surface area contributed by atoms with E-state index in [9.17, 15) is 14.4 Å². The molecule has 0 spiro atoms. The fourth-order valence-corrected chi connectivity index (χ4v) is 6.21. The highest BCUT2D eigenvalue weighted by atomic mass is 32.1. The van der Waals surface area contributed by atoms with E-state index >= 15 is 0 Å². The number of nitrogens with one attached hydrogen (secondary N) is 2. The number of allylic oxidation sites excluding steroid dienone is 4. The first kappa shape index (κ1) is 29.3. The molecule has 8 nitrogen and oxygen atoms in total. The summed E-state index contributed by atoms with van der Waals surface area (Å²) in [5.74, 6) is 0.347. The van der Waals surface area contributed by atoms with E-state index in [0.29, 0.717) is 40.7 Å². The Morgan fingerprint density at radius 2 is 1.86 bits per heavy atom. The monoisotopic (exact) mass is 583 g/mol. The van der Waals surface area contributed by atoms with Crippen molar-refractivity contribution in [3.05, 3.63) is 93.4 Å². The second-order valence-electron chi connectivity index (χ2n) is 10.7. The van der Waals surface area contributed by atoms with Gasteiger partial charge in [0, 0.05) is 65.7 Å². The number of nitrogens with zero attached hydrogens (tertiary/aromatic N) is 3. The van der Waals surface area contributed by atoms with Crippen LogP contribution in [0.3, 0.4) is 0 Å². The first-order chi connectivity index (χ1) is 20.3. The van der Waals surface area contributed by atoms with Crippen LogP contribution < -0.4 is 10.6 Å². The number of amides is 3. The summed E-state index contributed by atoms with van der Waals surface area (Å²) < 4.78 is 0. The van der Waals surface area contributed by atoms with Gasteiger partial charge >= 0.3 is 0 Å². The maximum absolute atomic E-state index is 13.7. The van der Waals surface area contributed by atoms with Crippen LogP contribution in [0.15, 0.2) is 77.5 Å². The maximum atomic E-state index is 13.7. The van der Waals surface area contributed by atoms with Crippen LogP contribution >= 0.6 is 11.3 Å². The van der Waals surface area contributed by atoms with Gasteiger partial charge in [-0.05, 0) is 81.5 Å². The standard InChI is InChI=1S/C33H37N5O3S/c1-5-8-27-21(3)38(18-15-24-19-28(42-30(24)27)32(40)36-26-13-14-26)33(41)23-9-11-25(12-10-23)35-31(39)22(6-2)20-29(34-4)37-16-7-17-37/h5-6,8-12,19-20,26H,2,7,13-18H2,1,3-4H3,(H,35,39)(H,36,40). The third-order valence-electron chi connectivity index (χ3n) is 7.73. The summed E-state index contributed by atoms with van der Waals surface area (Å²) in [6.45, 7) is 10.1. The Morgan fingerprint density at radius 1 is 1.12 bits per heavy atom.